The quantitative estimate of drug-likeness (QED) is 0.828. The number of hydrogen-bond donors (Lipinski definition) is 2. The van der Waals surface area contributed by atoms with Crippen molar-refractivity contribution < 1.29 is 9.18 Å². The van der Waals surface area contributed by atoms with Gasteiger partial charge in [-0.2, -0.15) is 0 Å². The van der Waals surface area contributed by atoms with Gasteiger partial charge >= 0.3 is 0 Å². The molecule has 0 radical (unpaired) electrons. The molecular weight excluding hydrogens is 311 g/mol. The molecule has 2 aromatic carbocycles. The number of nitrogens with two attached hydrogens (primary N) is 1. The van der Waals surface area contributed by atoms with Crippen LogP contribution in [-0.2, 0) is 0 Å². The van der Waals surface area contributed by atoms with E-state index in [4.69, 9.17) is 5.73 Å². The second-order valence-electron chi connectivity index (χ2n) is 4.10. The predicted octanol–water partition coefficient (Wildman–Crippen LogP) is 3.73. The third kappa shape index (κ3) is 2.93. The Morgan fingerprint density at radius 1 is 1.32 bits per heavy atom. The summed E-state index contributed by atoms with van der Waals surface area (Å²) in [4.78, 5) is 12.1. The van der Waals surface area contributed by atoms with Crippen molar-refractivity contribution in [2.75, 3.05) is 11.1 Å². The van der Waals surface area contributed by atoms with Crippen molar-refractivity contribution in [3.8, 4) is 0 Å². The predicted molar refractivity (Wildman–Crippen MR) is 77.6 cm³/mol. The minimum absolute atomic E-state index is 0.134. The number of nitrogens with one attached hydrogen (secondary N) is 1. The van der Waals surface area contributed by atoms with E-state index >= 15 is 0 Å². The number of hydrogen-bond acceptors (Lipinski definition) is 2. The summed E-state index contributed by atoms with van der Waals surface area (Å²) in [5, 5.41) is 2.53. The van der Waals surface area contributed by atoms with Gasteiger partial charge < -0.3 is 11.1 Å². The lowest BCUT2D eigenvalue weighted by Crippen LogP contribution is -2.15. The van der Waals surface area contributed by atoms with Crippen LogP contribution in [0.15, 0.2) is 40.9 Å². The maximum Gasteiger partial charge on any atom is 0.256 e. The fourth-order valence-corrected chi connectivity index (χ4v) is 2.01. The van der Waals surface area contributed by atoms with Gasteiger partial charge in [0.1, 0.15) is 5.82 Å². The Bertz CT molecular complexity index is 643. The summed E-state index contributed by atoms with van der Waals surface area (Å²) in [5.41, 5.74) is 7.52. The molecule has 0 aliphatic heterocycles. The molecule has 0 fully saturated rings. The van der Waals surface area contributed by atoms with Crippen LogP contribution in [0.3, 0.4) is 0 Å². The Labute approximate surface area is 118 Å². The highest BCUT2D eigenvalue weighted by molar-refractivity contribution is 9.10. The van der Waals surface area contributed by atoms with Crippen LogP contribution in [0, 0.1) is 12.7 Å². The lowest BCUT2D eigenvalue weighted by atomic mass is 10.1. The molecule has 0 aliphatic rings. The Hall–Kier alpha value is -1.88. The minimum Gasteiger partial charge on any atom is -0.398 e. The smallest absolute Gasteiger partial charge is 0.256 e. The topological polar surface area (TPSA) is 55.1 Å². The zero-order chi connectivity index (χ0) is 14.0. The summed E-state index contributed by atoms with van der Waals surface area (Å²) >= 11 is 3.16. The van der Waals surface area contributed by atoms with Crippen LogP contribution in [-0.4, -0.2) is 5.91 Å². The molecule has 0 aliphatic carbocycles. The summed E-state index contributed by atoms with van der Waals surface area (Å²) in [6.45, 7) is 1.75. The first-order chi connectivity index (χ1) is 8.99. The lowest BCUT2D eigenvalue weighted by molar-refractivity contribution is 0.102. The van der Waals surface area contributed by atoms with Gasteiger partial charge in [-0.25, -0.2) is 4.39 Å². The number of anilines is 2. The van der Waals surface area contributed by atoms with Crippen molar-refractivity contribution in [1.29, 1.82) is 0 Å². The second-order valence-corrected chi connectivity index (χ2v) is 5.01. The van der Waals surface area contributed by atoms with E-state index in [0.29, 0.717) is 21.3 Å². The van der Waals surface area contributed by atoms with Gasteiger partial charge in [0.05, 0.1) is 5.69 Å². The summed E-state index contributed by atoms with van der Waals surface area (Å²) in [7, 11) is 0. The van der Waals surface area contributed by atoms with Crippen molar-refractivity contribution in [2.24, 2.45) is 0 Å². The van der Waals surface area contributed by atoms with Crippen LogP contribution < -0.4 is 11.1 Å². The largest absolute Gasteiger partial charge is 0.398 e. The van der Waals surface area contributed by atoms with Gasteiger partial charge in [0.25, 0.3) is 5.91 Å². The maximum atomic E-state index is 13.6. The molecule has 0 saturated carbocycles. The molecule has 0 heterocycles. The molecule has 0 aromatic heterocycles. The summed E-state index contributed by atoms with van der Waals surface area (Å²) in [5.74, 6) is -0.879. The normalized spacial score (nSPS) is 10.3. The van der Waals surface area contributed by atoms with Crippen LogP contribution in [0.5, 0.6) is 0 Å². The average Bonchev–Trinajstić information content (AvgIpc) is 2.36. The first kappa shape index (κ1) is 13.5. The van der Waals surface area contributed by atoms with Gasteiger partial charge in [0, 0.05) is 15.7 Å². The average molecular weight is 323 g/mol. The van der Waals surface area contributed by atoms with Crippen LogP contribution in [0.4, 0.5) is 15.8 Å². The van der Waals surface area contributed by atoms with Gasteiger partial charge in [-0.15, -0.1) is 0 Å². The fourth-order valence-electron chi connectivity index (χ4n) is 1.68. The number of carbonyl (C=O) groups is 1. The van der Waals surface area contributed by atoms with E-state index in [2.05, 4.69) is 21.2 Å². The van der Waals surface area contributed by atoms with Gasteiger partial charge in [-0.3, -0.25) is 4.79 Å². The zero-order valence-corrected chi connectivity index (χ0v) is 11.8. The summed E-state index contributed by atoms with van der Waals surface area (Å²) in [6.07, 6.45) is 0. The second kappa shape index (κ2) is 5.40. The van der Waals surface area contributed by atoms with Crippen molar-refractivity contribution in [3.63, 3.8) is 0 Å². The Morgan fingerprint density at radius 2 is 2.05 bits per heavy atom. The van der Waals surface area contributed by atoms with Gasteiger partial charge in [0.2, 0.25) is 0 Å². The molecule has 2 rings (SSSR count). The Balaban J connectivity index is 2.28. The van der Waals surface area contributed by atoms with E-state index < -0.39 is 5.82 Å². The van der Waals surface area contributed by atoms with Crippen molar-refractivity contribution in [3.05, 3.63) is 57.8 Å². The highest BCUT2D eigenvalue weighted by Gasteiger charge is 2.12. The molecule has 3 N–H and O–H groups in total. The molecule has 5 heteroatoms. The monoisotopic (exact) mass is 322 g/mol. The molecule has 0 unspecified atom stereocenters. The van der Waals surface area contributed by atoms with Gasteiger partial charge in [0.15, 0.2) is 0 Å². The van der Waals surface area contributed by atoms with Crippen LogP contribution in [0.1, 0.15) is 15.9 Å². The van der Waals surface area contributed by atoms with Crippen LogP contribution >= 0.6 is 15.9 Å². The van der Waals surface area contributed by atoms with E-state index in [9.17, 15) is 9.18 Å². The van der Waals surface area contributed by atoms with E-state index in [1.165, 1.54) is 12.1 Å². The van der Waals surface area contributed by atoms with Crippen LogP contribution in [0.2, 0.25) is 0 Å². The Morgan fingerprint density at radius 3 is 2.74 bits per heavy atom. The summed E-state index contributed by atoms with van der Waals surface area (Å²) < 4.78 is 14.3. The van der Waals surface area contributed by atoms with E-state index in [0.717, 1.165) is 0 Å². The van der Waals surface area contributed by atoms with E-state index in [1.807, 2.05) is 0 Å². The third-order valence-electron chi connectivity index (χ3n) is 2.80. The van der Waals surface area contributed by atoms with Crippen molar-refractivity contribution in [1.82, 2.24) is 0 Å². The molecule has 0 atom stereocenters. The number of halogens is 2. The zero-order valence-electron chi connectivity index (χ0n) is 10.2. The molecule has 0 spiro atoms. The molecule has 0 saturated heterocycles. The minimum atomic E-state index is -0.496. The van der Waals surface area contributed by atoms with Crippen molar-refractivity contribution >= 4 is 33.2 Å². The lowest BCUT2D eigenvalue weighted by Gasteiger charge is -2.10. The first-order valence-electron chi connectivity index (χ1n) is 5.60. The van der Waals surface area contributed by atoms with E-state index in [-0.39, 0.29) is 11.6 Å². The molecule has 0 bridgehead atoms. The molecule has 2 aromatic rings. The highest BCUT2D eigenvalue weighted by atomic mass is 79.9. The number of rotatable bonds is 2. The van der Waals surface area contributed by atoms with Crippen molar-refractivity contribution in [2.45, 2.75) is 6.92 Å². The summed E-state index contributed by atoms with van der Waals surface area (Å²) in [6, 6.07) is 9.50. The molecule has 19 heavy (non-hydrogen) atoms. The maximum absolute atomic E-state index is 13.6. The van der Waals surface area contributed by atoms with Gasteiger partial charge in [-0.05, 0) is 42.8 Å². The van der Waals surface area contributed by atoms with Gasteiger partial charge in [-0.1, -0.05) is 22.0 Å². The SMILES string of the molecule is Cc1c(N)cccc1C(=O)Nc1ccc(Br)cc1F. The molecule has 98 valence electrons. The first-order valence-corrected chi connectivity index (χ1v) is 6.40. The Kier molecular flexibility index (Phi) is 3.85. The van der Waals surface area contributed by atoms with E-state index in [1.54, 1.807) is 31.2 Å². The number of nitrogen functional groups attached to an aromatic ring is 1. The molecule has 3 nitrogen and oxygen atoms in total. The fraction of sp³-hybridized carbons (Fsp3) is 0.0714. The highest BCUT2D eigenvalue weighted by Crippen LogP contribution is 2.21. The molecular formula is C14H12BrFN2O. The number of carbonyl (C=O) groups excluding carboxylic acids is 1. The standard InChI is InChI=1S/C14H12BrFN2O/c1-8-10(3-2-4-12(8)17)14(19)18-13-6-5-9(15)7-11(13)16/h2-7H,17H2,1H3,(H,18,19). The van der Waals surface area contributed by atoms with Crippen LogP contribution in [0.25, 0.3) is 0 Å². The number of benzene rings is 2. The third-order valence-corrected chi connectivity index (χ3v) is 3.29. The number of amides is 1. The molecule has 1 amide bonds.